The van der Waals surface area contributed by atoms with E-state index in [0.717, 1.165) is 18.5 Å². The van der Waals surface area contributed by atoms with E-state index in [2.05, 4.69) is 4.98 Å². The molecule has 0 bridgehead atoms. The molecular weight excluding hydrogens is 318 g/mol. The molecule has 0 unspecified atom stereocenters. The van der Waals surface area contributed by atoms with Crippen LogP contribution in [0.3, 0.4) is 0 Å². The average molecular weight is 339 g/mol. The number of hydrogen-bond donors (Lipinski definition) is 1. The smallest absolute Gasteiger partial charge is 0.309 e. The van der Waals surface area contributed by atoms with Crippen molar-refractivity contribution in [2.75, 3.05) is 6.54 Å². The number of aryl methyl sites for hydroxylation is 1. The highest BCUT2D eigenvalue weighted by Gasteiger charge is 2.41. The monoisotopic (exact) mass is 339 g/mol. The summed E-state index contributed by atoms with van der Waals surface area (Å²) in [5, 5.41) is 9.47. The molecule has 1 amide bonds. The molecule has 1 N–H and O–H groups in total. The van der Waals surface area contributed by atoms with Gasteiger partial charge in [-0.1, -0.05) is 42.5 Å². The molecule has 1 aliphatic heterocycles. The van der Waals surface area contributed by atoms with E-state index in [1.165, 1.54) is 0 Å². The first-order valence-electron chi connectivity index (χ1n) is 8.36. The van der Waals surface area contributed by atoms with Crippen LogP contribution < -0.4 is 0 Å². The SMILES string of the molecule is O=C(O)[C@@H]1CC(=O)N(CCCn2ccnc2)[C@@H]1/C=C\c1ccccc1. The van der Waals surface area contributed by atoms with Crippen molar-refractivity contribution in [2.45, 2.75) is 25.4 Å². The summed E-state index contributed by atoms with van der Waals surface area (Å²) in [5.74, 6) is -1.71. The van der Waals surface area contributed by atoms with Crippen LogP contribution in [0.4, 0.5) is 0 Å². The number of imidazole rings is 1. The van der Waals surface area contributed by atoms with Crippen molar-refractivity contribution >= 4 is 18.0 Å². The maximum Gasteiger partial charge on any atom is 0.309 e. The van der Waals surface area contributed by atoms with Gasteiger partial charge in [-0.15, -0.1) is 0 Å². The minimum Gasteiger partial charge on any atom is -0.481 e. The highest BCUT2D eigenvalue weighted by Crippen LogP contribution is 2.28. The largest absolute Gasteiger partial charge is 0.481 e. The number of carboxylic acid groups (broad SMARTS) is 1. The first-order chi connectivity index (χ1) is 12.1. The van der Waals surface area contributed by atoms with Gasteiger partial charge in [0.05, 0.1) is 18.3 Å². The summed E-state index contributed by atoms with van der Waals surface area (Å²) < 4.78 is 1.95. The van der Waals surface area contributed by atoms with E-state index in [0.29, 0.717) is 6.54 Å². The van der Waals surface area contributed by atoms with E-state index < -0.39 is 17.9 Å². The third kappa shape index (κ3) is 4.15. The summed E-state index contributed by atoms with van der Waals surface area (Å²) in [7, 11) is 0. The Kier molecular flexibility index (Phi) is 5.28. The zero-order valence-corrected chi connectivity index (χ0v) is 13.9. The van der Waals surface area contributed by atoms with E-state index in [4.69, 9.17) is 0 Å². The molecule has 2 aromatic rings. The molecule has 6 nitrogen and oxygen atoms in total. The third-order valence-electron chi connectivity index (χ3n) is 4.46. The fraction of sp³-hybridized carbons (Fsp3) is 0.316. The Hall–Kier alpha value is -2.89. The summed E-state index contributed by atoms with van der Waals surface area (Å²) in [6.45, 7) is 1.28. The van der Waals surface area contributed by atoms with Crippen molar-refractivity contribution in [2.24, 2.45) is 5.92 Å². The number of carbonyl (C=O) groups is 2. The molecule has 1 aromatic carbocycles. The third-order valence-corrected chi connectivity index (χ3v) is 4.46. The second-order valence-corrected chi connectivity index (χ2v) is 6.15. The standard InChI is InChI=1S/C19H21N3O3/c23-18-13-16(19(24)25)17(8-7-15-5-2-1-3-6-15)22(18)11-4-10-21-12-9-20-14-21/h1-3,5-9,12,14,16-17H,4,10-11,13H2,(H,24,25)/b8-7-/t16-,17-/m1/s1. The normalized spacial score (nSPS) is 20.5. The number of rotatable bonds is 7. The Morgan fingerprint density at radius 2 is 2.08 bits per heavy atom. The van der Waals surface area contributed by atoms with Gasteiger partial charge in [0.2, 0.25) is 5.91 Å². The number of benzene rings is 1. The lowest BCUT2D eigenvalue weighted by molar-refractivity contribution is -0.142. The van der Waals surface area contributed by atoms with Gasteiger partial charge in [0.1, 0.15) is 0 Å². The number of carbonyl (C=O) groups excluding carboxylic acids is 1. The molecule has 1 aromatic heterocycles. The van der Waals surface area contributed by atoms with Crippen LogP contribution in [0.15, 0.2) is 55.1 Å². The van der Waals surface area contributed by atoms with Gasteiger partial charge >= 0.3 is 5.97 Å². The second-order valence-electron chi connectivity index (χ2n) is 6.15. The van der Waals surface area contributed by atoms with E-state index in [1.807, 2.05) is 53.2 Å². The van der Waals surface area contributed by atoms with Gasteiger partial charge in [-0.05, 0) is 12.0 Å². The molecule has 0 saturated carbocycles. The number of likely N-dealkylation sites (tertiary alicyclic amines) is 1. The van der Waals surface area contributed by atoms with Crippen molar-refractivity contribution in [1.29, 1.82) is 0 Å². The quantitative estimate of drug-likeness (QED) is 0.840. The van der Waals surface area contributed by atoms with Crippen LogP contribution in [0.2, 0.25) is 0 Å². The summed E-state index contributed by atoms with van der Waals surface area (Å²) in [4.78, 5) is 29.5. The van der Waals surface area contributed by atoms with Crippen molar-refractivity contribution in [1.82, 2.24) is 14.5 Å². The maximum absolute atomic E-state index is 12.3. The van der Waals surface area contributed by atoms with Crippen LogP contribution in [0.1, 0.15) is 18.4 Å². The Morgan fingerprint density at radius 1 is 1.28 bits per heavy atom. The van der Waals surface area contributed by atoms with Crippen molar-refractivity contribution < 1.29 is 14.7 Å². The topological polar surface area (TPSA) is 75.4 Å². The predicted octanol–water partition coefficient (Wildman–Crippen LogP) is 2.29. The Labute approximate surface area is 146 Å². The van der Waals surface area contributed by atoms with Crippen molar-refractivity contribution in [3.63, 3.8) is 0 Å². The molecule has 2 heterocycles. The molecule has 0 aliphatic carbocycles. The summed E-state index contributed by atoms with van der Waals surface area (Å²) in [6, 6.07) is 9.28. The molecule has 130 valence electrons. The lowest BCUT2D eigenvalue weighted by Gasteiger charge is -2.24. The second kappa shape index (κ2) is 7.79. The van der Waals surface area contributed by atoms with Crippen molar-refractivity contribution in [3.8, 4) is 0 Å². The van der Waals surface area contributed by atoms with Crippen LogP contribution in [0.25, 0.3) is 6.08 Å². The Morgan fingerprint density at radius 3 is 2.76 bits per heavy atom. The number of aromatic nitrogens is 2. The molecule has 1 fully saturated rings. The zero-order valence-electron chi connectivity index (χ0n) is 13.9. The number of carboxylic acids is 1. The van der Waals surface area contributed by atoms with Gasteiger partial charge in [-0.25, -0.2) is 4.98 Å². The minimum atomic E-state index is -0.923. The maximum atomic E-state index is 12.3. The molecule has 0 radical (unpaired) electrons. The van der Waals surface area contributed by atoms with Crippen LogP contribution in [-0.4, -0.2) is 44.0 Å². The number of nitrogens with zero attached hydrogens (tertiary/aromatic N) is 3. The number of amides is 1. The van der Waals surface area contributed by atoms with Gasteiger partial charge in [0.15, 0.2) is 0 Å². The summed E-state index contributed by atoms with van der Waals surface area (Å²) >= 11 is 0. The Balaban J connectivity index is 1.70. The molecule has 2 atom stereocenters. The predicted molar refractivity (Wildman–Crippen MR) is 93.6 cm³/mol. The highest BCUT2D eigenvalue weighted by atomic mass is 16.4. The summed E-state index contributed by atoms with van der Waals surface area (Å²) in [6.07, 6.45) is 9.87. The van der Waals surface area contributed by atoms with Crippen LogP contribution in [0.5, 0.6) is 0 Å². The fourth-order valence-corrected chi connectivity index (χ4v) is 3.17. The fourth-order valence-electron chi connectivity index (χ4n) is 3.17. The van der Waals surface area contributed by atoms with Gasteiger partial charge in [0, 0.05) is 31.9 Å². The number of hydrogen-bond acceptors (Lipinski definition) is 3. The van der Waals surface area contributed by atoms with Gasteiger partial charge in [-0.3, -0.25) is 9.59 Å². The first kappa shape index (κ1) is 17.0. The van der Waals surface area contributed by atoms with Crippen molar-refractivity contribution in [3.05, 3.63) is 60.7 Å². The molecule has 1 aliphatic rings. The molecule has 6 heteroatoms. The molecule has 25 heavy (non-hydrogen) atoms. The Bertz CT molecular complexity index is 741. The van der Waals surface area contributed by atoms with Gasteiger partial charge in [0.25, 0.3) is 0 Å². The minimum absolute atomic E-state index is 0.0597. The van der Waals surface area contributed by atoms with E-state index in [-0.39, 0.29) is 12.3 Å². The highest BCUT2D eigenvalue weighted by molar-refractivity contribution is 5.87. The molecular formula is C19H21N3O3. The molecule has 3 rings (SSSR count). The lowest BCUT2D eigenvalue weighted by Crippen LogP contribution is -2.36. The van der Waals surface area contributed by atoms with Crippen LogP contribution >= 0.6 is 0 Å². The molecule has 1 saturated heterocycles. The lowest BCUT2D eigenvalue weighted by atomic mass is 9.99. The van der Waals surface area contributed by atoms with Crippen LogP contribution in [0, 0.1) is 5.92 Å². The van der Waals surface area contributed by atoms with E-state index >= 15 is 0 Å². The van der Waals surface area contributed by atoms with Crippen LogP contribution in [-0.2, 0) is 16.1 Å². The van der Waals surface area contributed by atoms with Gasteiger partial charge < -0.3 is 14.6 Å². The summed E-state index contributed by atoms with van der Waals surface area (Å²) in [5.41, 5.74) is 0.990. The number of aliphatic carboxylic acids is 1. The van der Waals surface area contributed by atoms with E-state index in [1.54, 1.807) is 17.4 Å². The van der Waals surface area contributed by atoms with E-state index in [9.17, 15) is 14.7 Å². The molecule has 0 spiro atoms. The first-order valence-corrected chi connectivity index (χ1v) is 8.36. The zero-order chi connectivity index (χ0) is 17.6. The average Bonchev–Trinajstić information content (AvgIpc) is 3.23. The van der Waals surface area contributed by atoms with Gasteiger partial charge in [-0.2, -0.15) is 0 Å².